The third-order valence-electron chi connectivity index (χ3n) is 2.62. The molecule has 1 aliphatic heterocycles. The molecule has 0 spiro atoms. The summed E-state index contributed by atoms with van der Waals surface area (Å²) >= 11 is 0. The number of carbonyl (C=O) groups excluding carboxylic acids is 1. The van der Waals surface area contributed by atoms with Crippen molar-refractivity contribution in [3.05, 3.63) is 17.7 Å². The van der Waals surface area contributed by atoms with Gasteiger partial charge in [-0.25, -0.2) is 4.79 Å². The second-order valence-electron chi connectivity index (χ2n) is 4.15. The number of benzene rings is 1. The van der Waals surface area contributed by atoms with Gasteiger partial charge >= 0.3 is 18.1 Å². The number of fused-ring (bicyclic) bond motifs is 1. The lowest BCUT2D eigenvalue weighted by atomic mass is 10.1. The van der Waals surface area contributed by atoms with Crippen molar-refractivity contribution in [1.82, 2.24) is 0 Å². The van der Waals surface area contributed by atoms with Crippen LogP contribution in [0.15, 0.2) is 12.1 Å². The molecular formula is C12H10F3NO5. The minimum atomic E-state index is -5.13. The summed E-state index contributed by atoms with van der Waals surface area (Å²) in [5.74, 6) is -3.58. The zero-order valence-corrected chi connectivity index (χ0v) is 10.5. The van der Waals surface area contributed by atoms with Crippen molar-refractivity contribution < 1.29 is 37.3 Å². The number of carboxylic acid groups (broad SMARTS) is 1. The number of hydrogen-bond donors (Lipinski definition) is 2. The van der Waals surface area contributed by atoms with Crippen LogP contribution in [0.25, 0.3) is 0 Å². The molecule has 0 unspecified atom stereocenters. The van der Waals surface area contributed by atoms with Gasteiger partial charge in [0.2, 0.25) is 0 Å². The standard InChI is InChI=1S/C12H10F3NO5/c13-12(14,15)11(19)16-7-5-9-8(4-6(7)10(17)18)20-2-1-3-21-9/h4-5H,1-3H2,(H,16,19)(H,17,18). The monoisotopic (exact) mass is 305 g/mol. The fourth-order valence-corrected chi connectivity index (χ4v) is 1.68. The molecule has 2 rings (SSSR count). The van der Waals surface area contributed by atoms with Crippen LogP contribution in [0.1, 0.15) is 16.8 Å². The Bertz CT molecular complexity index is 585. The predicted octanol–water partition coefficient (Wildman–Crippen LogP) is 2.05. The smallest absolute Gasteiger partial charge is 0.471 e. The van der Waals surface area contributed by atoms with E-state index >= 15 is 0 Å². The molecule has 0 saturated carbocycles. The fourth-order valence-electron chi connectivity index (χ4n) is 1.68. The summed E-state index contributed by atoms with van der Waals surface area (Å²) in [5.41, 5.74) is -1.02. The average molecular weight is 305 g/mol. The second-order valence-corrected chi connectivity index (χ2v) is 4.15. The van der Waals surface area contributed by atoms with Crippen LogP contribution in [-0.2, 0) is 4.79 Å². The number of carbonyl (C=O) groups is 2. The van der Waals surface area contributed by atoms with Crippen LogP contribution in [0.5, 0.6) is 11.5 Å². The van der Waals surface area contributed by atoms with E-state index in [0.29, 0.717) is 13.0 Å². The number of aromatic carboxylic acids is 1. The van der Waals surface area contributed by atoms with Gasteiger partial charge in [-0.3, -0.25) is 4.79 Å². The third-order valence-corrected chi connectivity index (χ3v) is 2.62. The van der Waals surface area contributed by atoms with Crippen LogP contribution < -0.4 is 14.8 Å². The Morgan fingerprint density at radius 1 is 1.14 bits per heavy atom. The molecule has 21 heavy (non-hydrogen) atoms. The van der Waals surface area contributed by atoms with Crippen molar-refractivity contribution in [2.45, 2.75) is 12.6 Å². The molecule has 9 heteroatoms. The number of halogens is 3. The molecule has 1 heterocycles. The maximum Gasteiger partial charge on any atom is 0.471 e. The summed E-state index contributed by atoms with van der Waals surface area (Å²) in [6, 6.07) is 2.03. The summed E-state index contributed by atoms with van der Waals surface area (Å²) in [7, 11) is 0. The predicted molar refractivity (Wildman–Crippen MR) is 63.7 cm³/mol. The van der Waals surface area contributed by atoms with Crippen LogP contribution in [0.4, 0.5) is 18.9 Å². The number of nitrogens with one attached hydrogen (secondary N) is 1. The van der Waals surface area contributed by atoms with Gasteiger partial charge in [0.15, 0.2) is 11.5 Å². The van der Waals surface area contributed by atoms with Crippen molar-refractivity contribution in [1.29, 1.82) is 0 Å². The highest BCUT2D eigenvalue weighted by Crippen LogP contribution is 2.36. The minimum absolute atomic E-state index is 0.0787. The van der Waals surface area contributed by atoms with E-state index in [1.54, 1.807) is 0 Å². The Hall–Kier alpha value is -2.45. The Morgan fingerprint density at radius 2 is 1.71 bits per heavy atom. The van der Waals surface area contributed by atoms with Gasteiger partial charge in [0.05, 0.1) is 24.5 Å². The number of carboxylic acids is 1. The Balaban J connectivity index is 2.41. The van der Waals surface area contributed by atoms with Gasteiger partial charge in [-0.1, -0.05) is 0 Å². The van der Waals surface area contributed by atoms with E-state index < -0.39 is 29.3 Å². The van der Waals surface area contributed by atoms with E-state index in [1.807, 2.05) is 0 Å². The summed E-state index contributed by atoms with van der Waals surface area (Å²) in [6.07, 6.45) is -4.58. The van der Waals surface area contributed by atoms with E-state index in [2.05, 4.69) is 0 Å². The number of alkyl halides is 3. The number of ether oxygens (including phenoxy) is 2. The largest absolute Gasteiger partial charge is 0.490 e. The van der Waals surface area contributed by atoms with Gasteiger partial charge in [0.1, 0.15) is 0 Å². The van der Waals surface area contributed by atoms with Crippen LogP contribution in [0.2, 0.25) is 0 Å². The van der Waals surface area contributed by atoms with Gasteiger partial charge in [-0.05, 0) is 0 Å². The first-order valence-electron chi connectivity index (χ1n) is 5.84. The molecule has 0 atom stereocenters. The molecule has 1 aromatic carbocycles. The van der Waals surface area contributed by atoms with Crippen molar-refractivity contribution in [3.63, 3.8) is 0 Å². The van der Waals surface area contributed by atoms with Crippen LogP contribution in [0, 0.1) is 0 Å². The first-order valence-corrected chi connectivity index (χ1v) is 5.84. The highest BCUT2D eigenvalue weighted by atomic mass is 19.4. The molecule has 1 aromatic rings. The Morgan fingerprint density at radius 3 is 2.24 bits per heavy atom. The molecule has 2 N–H and O–H groups in total. The molecule has 0 radical (unpaired) electrons. The maximum atomic E-state index is 12.3. The quantitative estimate of drug-likeness (QED) is 0.873. The van der Waals surface area contributed by atoms with Gasteiger partial charge in [-0.15, -0.1) is 0 Å². The molecule has 0 bridgehead atoms. The van der Waals surface area contributed by atoms with Gasteiger partial charge < -0.3 is 19.9 Å². The molecule has 0 aromatic heterocycles. The molecule has 0 saturated heterocycles. The SMILES string of the molecule is O=C(O)c1cc2c(cc1NC(=O)C(F)(F)F)OCCCO2. The summed E-state index contributed by atoms with van der Waals surface area (Å²) in [6.45, 7) is 0.562. The first-order chi connectivity index (χ1) is 9.79. The Labute approximate surface area is 116 Å². The number of rotatable bonds is 2. The van der Waals surface area contributed by atoms with Crippen molar-refractivity contribution in [3.8, 4) is 11.5 Å². The molecule has 114 valence electrons. The van der Waals surface area contributed by atoms with E-state index in [0.717, 1.165) is 12.1 Å². The number of amides is 1. The molecule has 6 nitrogen and oxygen atoms in total. The lowest BCUT2D eigenvalue weighted by molar-refractivity contribution is -0.167. The normalized spacial score (nSPS) is 14.2. The highest BCUT2D eigenvalue weighted by molar-refractivity contribution is 6.03. The molecule has 0 fully saturated rings. The van der Waals surface area contributed by atoms with Gasteiger partial charge in [0, 0.05) is 18.6 Å². The lowest BCUT2D eigenvalue weighted by Crippen LogP contribution is -2.30. The summed E-state index contributed by atoms with van der Waals surface area (Å²) in [4.78, 5) is 22.0. The minimum Gasteiger partial charge on any atom is -0.490 e. The molecule has 0 aliphatic carbocycles. The van der Waals surface area contributed by atoms with Crippen molar-refractivity contribution >= 4 is 17.6 Å². The number of hydrogen-bond acceptors (Lipinski definition) is 4. The van der Waals surface area contributed by atoms with Gasteiger partial charge in [0.25, 0.3) is 0 Å². The van der Waals surface area contributed by atoms with Crippen molar-refractivity contribution in [2.75, 3.05) is 18.5 Å². The zero-order chi connectivity index (χ0) is 15.6. The van der Waals surface area contributed by atoms with Crippen LogP contribution in [-0.4, -0.2) is 36.4 Å². The van der Waals surface area contributed by atoms with Crippen LogP contribution in [0.3, 0.4) is 0 Å². The Kier molecular flexibility index (Phi) is 3.92. The van der Waals surface area contributed by atoms with E-state index in [9.17, 15) is 22.8 Å². The first kappa shape index (κ1) is 14.9. The van der Waals surface area contributed by atoms with E-state index in [4.69, 9.17) is 14.6 Å². The van der Waals surface area contributed by atoms with E-state index in [1.165, 1.54) is 5.32 Å². The summed E-state index contributed by atoms with van der Waals surface area (Å²) in [5, 5.41) is 10.5. The average Bonchev–Trinajstić information content (AvgIpc) is 2.61. The van der Waals surface area contributed by atoms with Gasteiger partial charge in [-0.2, -0.15) is 13.2 Å². The second kappa shape index (κ2) is 5.51. The highest BCUT2D eigenvalue weighted by Gasteiger charge is 2.39. The van der Waals surface area contributed by atoms with E-state index in [-0.39, 0.29) is 18.1 Å². The molecule has 1 amide bonds. The van der Waals surface area contributed by atoms with Crippen molar-refractivity contribution in [2.24, 2.45) is 0 Å². The molecule has 1 aliphatic rings. The molecular weight excluding hydrogens is 295 g/mol. The third kappa shape index (κ3) is 3.36. The van der Waals surface area contributed by atoms with Crippen LogP contribution >= 0.6 is 0 Å². The lowest BCUT2D eigenvalue weighted by Gasteiger charge is -2.14. The topological polar surface area (TPSA) is 84.9 Å². The summed E-state index contributed by atoms with van der Waals surface area (Å²) < 4.78 is 47.3. The fraction of sp³-hybridized carbons (Fsp3) is 0.333. The number of anilines is 1. The maximum absolute atomic E-state index is 12.3. The zero-order valence-electron chi connectivity index (χ0n) is 10.5.